The molecule has 1 aromatic carbocycles. The Morgan fingerprint density at radius 2 is 1.88 bits per heavy atom. The van der Waals surface area contributed by atoms with E-state index in [1.807, 2.05) is 0 Å². The molecule has 1 saturated heterocycles. The van der Waals surface area contributed by atoms with Gasteiger partial charge in [0.15, 0.2) is 5.76 Å². The molecule has 5 nitrogen and oxygen atoms in total. The molecule has 2 N–H and O–H groups in total. The summed E-state index contributed by atoms with van der Waals surface area (Å²) in [5.41, 5.74) is 8.74. The lowest BCUT2D eigenvalue weighted by molar-refractivity contribution is 0.0370. The fourth-order valence-corrected chi connectivity index (χ4v) is 4.20. The first-order valence-corrected chi connectivity index (χ1v) is 9.75. The average Bonchev–Trinajstić information content (AvgIpc) is 3.10. The van der Waals surface area contributed by atoms with Crippen molar-refractivity contribution in [2.24, 2.45) is 17.1 Å². The Morgan fingerprint density at radius 3 is 2.54 bits per heavy atom. The van der Waals surface area contributed by atoms with Gasteiger partial charge in [-0.25, -0.2) is 0 Å². The van der Waals surface area contributed by atoms with Crippen LogP contribution < -0.4 is 10.6 Å². The first kappa shape index (κ1) is 17.6. The van der Waals surface area contributed by atoms with Gasteiger partial charge in [0.25, 0.3) is 0 Å². The van der Waals surface area contributed by atoms with Crippen LogP contribution >= 0.6 is 0 Å². The zero-order valence-electron chi connectivity index (χ0n) is 15.9. The highest BCUT2D eigenvalue weighted by molar-refractivity contribution is 5.46. The van der Waals surface area contributed by atoms with Gasteiger partial charge in [0.05, 0.1) is 12.2 Å². The van der Waals surface area contributed by atoms with Crippen molar-refractivity contribution < 1.29 is 4.52 Å². The van der Waals surface area contributed by atoms with Crippen molar-refractivity contribution >= 4 is 5.69 Å². The molecule has 4 rings (SSSR count). The predicted octanol–water partition coefficient (Wildman–Crippen LogP) is 2.91. The van der Waals surface area contributed by atoms with E-state index in [-0.39, 0.29) is 5.41 Å². The third-order valence-electron chi connectivity index (χ3n) is 6.48. The molecule has 140 valence electrons. The zero-order chi connectivity index (χ0) is 18.1. The number of aromatic nitrogens is 1. The Bertz CT molecular complexity index is 719. The molecule has 2 heterocycles. The lowest BCUT2D eigenvalue weighted by Gasteiger charge is -2.50. The summed E-state index contributed by atoms with van der Waals surface area (Å²) in [5.74, 6) is 1.60. The summed E-state index contributed by atoms with van der Waals surface area (Å²) < 4.78 is 5.61. The third-order valence-corrected chi connectivity index (χ3v) is 6.48. The minimum Gasteiger partial charge on any atom is -0.369 e. The molecule has 0 radical (unpaired) electrons. The van der Waals surface area contributed by atoms with E-state index in [1.165, 1.54) is 5.69 Å². The summed E-state index contributed by atoms with van der Waals surface area (Å²) in [6.07, 6.45) is 2.07. The van der Waals surface area contributed by atoms with Gasteiger partial charge in [0.1, 0.15) is 0 Å². The van der Waals surface area contributed by atoms with Gasteiger partial charge in [-0.15, -0.1) is 0 Å². The Morgan fingerprint density at radius 1 is 1.15 bits per heavy atom. The second-order valence-corrected chi connectivity index (χ2v) is 8.45. The minimum atomic E-state index is 0.215. The van der Waals surface area contributed by atoms with Gasteiger partial charge in [-0.3, -0.25) is 4.90 Å². The van der Waals surface area contributed by atoms with E-state index < -0.39 is 0 Å². The smallest absolute Gasteiger partial charge is 0.150 e. The lowest BCUT2D eigenvalue weighted by Crippen LogP contribution is -2.55. The lowest BCUT2D eigenvalue weighted by atomic mass is 9.57. The molecule has 0 spiro atoms. The van der Waals surface area contributed by atoms with E-state index in [9.17, 15) is 0 Å². The maximum Gasteiger partial charge on any atom is 0.150 e. The van der Waals surface area contributed by atoms with E-state index in [0.29, 0.717) is 12.0 Å². The van der Waals surface area contributed by atoms with Crippen LogP contribution in [-0.4, -0.2) is 42.3 Å². The number of hydrogen-bond acceptors (Lipinski definition) is 5. The number of hydrogen-bond donors (Lipinski definition) is 1. The fraction of sp³-hybridized carbons (Fsp3) is 0.571. The van der Waals surface area contributed by atoms with Crippen molar-refractivity contribution in [2.75, 3.05) is 31.1 Å². The normalized spacial score (nSPS) is 25.9. The molecule has 0 unspecified atom stereocenters. The molecule has 26 heavy (non-hydrogen) atoms. The molecule has 2 aliphatic rings. The molecule has 2 fully saturated rings. The molecule has 1 saturated carbocycles. The maximum absolute atomic E-state index is 6.13. The largest absolute Gasteiger partial charge is 0.369 e. The monoisotopic (exact) mass is 354 g/mol. The van der Waals surface area contributed by atoms with E-state index in [2.05, 4.69) is 65.2 Å². The molecule has 1 aromatic heterocycles. The van der Waals surface area contributed by atoms with Gasteiger partial charge in [-0.05, 0) is 36.3 Å². The highest BCUT2D eigenvalue weighted by Gasteiger charge is 2.45. The van der Waals surface area contributed by atoms with Crippen LogP contribution in [0.3, 0.4) is 0 Å². The van der Waals surface area contributed by atoms with E-state index >= 15 is 0 Å². The van der Waals surface area contributed by atoms with Gasteiger partial charge < -0.3 is 15.2 Å². The molecular formula is C21H30N4O. The molecule has 1 aliphatic carbocycles. The Labute approximate surface area is 156 Å². The number of piperazine rings is 1. The quantitative estimate of drug-likeness (QED) is 0.895. The highest BCUT2D eigenvalue weighted by Crippen LogP contribution is 2.46. The van der Waals surface area contributed by atoms with Gasteiger partial charge in [0.2, 0.25) is 0 Å². The first-order chi connectivity index (χ1) is 12.5. The molecule has 2 aromatic rings. The second-order valence-electron chi connectivity index (χ2n) is 8.45. The second kappa shape index (κ2) is 7.05. The van der Waals surface area contributed by atoms with Crippen LogP contribution in [0.25, 0.3) is 0 Å². The summed E-state index contributed by atoms with van der Waals surface area (Å²) in [4.78, 5) is 4.90. The van der Waals surface area contributed by atoms with Crippen LogP contribution in [0.15, 0.2) is 40.9 Å². The summed E-state index contributed by atoms with van der Waals surface area (Å²) in [6, 6.07) is 13.1. The SMILES string of the molecule is CC1(C)[C@H](Cc2cc(CN3CCN(c4ccccc4)CC3)on2)C[C@@H]1N. The topological polar surface area (TPSA) is 58.5 Å². The van der Waals surface area contributed by atoms with Crippen LogP contribution in [0.4, 0.5) is 5.69 Å². The molecular weight excluding hydrogens is 324 g/mol. The molecule has 2 atom stereocenters. The van der Waals surface area contributed by atoms with Crippen molar-refractivity contribution in [1.82, 2.24) is 10.1 Å². The van der Waals surface area contributed by atoms with Gasteiger partial charge in [-0.1, -0.05) is 37.2 Å². The van der Waals surface area contributed by atoms with Crippen LogP contribution in [0.1, 0.15) is 31.7 Å². The van der Waals surface area contributed by atoms with Crippen molar-refractivity contribution in [3.05, 3.63) is 47.9 Å². The highest BCUT2D eigenvalue weighted by atomic mass is 16.5. The third kappa shape index (κ3) is 3.51. The first-order valence-electron chi connectivity index (χ1n) is 9.75. The molecule has 0 bridgehead atoms. The van der Waals surface area contributed by atoms with Crippen LogP contribution in [-0.2, 0) is 13.0 Å². The molecule has 5 heteroatoms. The summed E-state index contributed by atoms with van der Waals surface area (Å²) in [5, 5.41) is 4.30. The van der Waals surface area contributed by atoms with E-state index in [1.54, 1.807) is 0 Å². The number of para-hydroxylation sites is 1. The summed E-state index contributed by atoms with van der Waals surface area (Å²) >= 11 is 0. The number of anilines is 1. The number of nitrogens with zero attached hydrogens (tertiary/aromatic N) is 3. The van der Waals surface area contributed by atoms with Crippen LogP contribution in [0, 0.1) is 11.3 Å². The fourth-order valence-electron chi connectivity index (χ4n) is 4.20. The standard InChI is InChI=1S/C21H30N4O/c1-21(2)16(13-20(21)22)12-17-14-19(26-23-17)15-24-8-10-25(11-9-24)18-6-4-3-5-7-18/h3-7,14,16,20H,8-13,15,22H2,1-2H3/t16-,20+/m1/s1. The maximum atomic E-state index is 6.13. The van der Waals surface area contributed by atoms with Gasteiger partial charge >= 0.3 is 0 Å². The average molecular weight is 354 g/mol. The number of nitrogens with two attached hydrogens (primary N) is 1. The number of rotatable bonds is 5. The zero-order valence-corrected chi connectivity index (χ0v) is 15.9. The molecule has 0 amide bonds. The Hall–Kier alpha value is -1.85. The molecule has 1 aliphatic heterocycles. The number of benzene rings is 1. The van der Waals surface area contributed by atoms with E-state index in [0.717, 1.165) is 57.0 Å². The summed E-state index contributed by atoms with van der Waals surface area (Å²) in [6.45, 7) is 9.59. The van der Waals surface area contributed by atoms with Crippen molar-refractivity contribution in [1.29, 1.82) is 0 Å². The van der Waals surface area contributed by atoms with Gasteiger partial charge in [-0.2, -0.15) is 0 Å². The van der Waals surface area contributed by atoms with Crippen molar-refractivity contribution in [3.8, 4) is 0 Å². The Balaban J connectivity index is 1.28. The minimum absolute atomic E-state index is 0.215. The van der Waals surface area contributed by atoms with Crippen molar-refractivity contribution in [2.45, 2.75) is 39.3 Å². The van der Waals surface area contributed by atoms with Crippen molar-refractivity contribution in [3.63, 3.8) is 0 Å². The Kier molecular flexibility index (Phi) is 4.76. The van der Waals surface area contributed by atoms with Crippen LogP contribution in [0.2, 0.25) is 0 Å². The van der Waals surface area contributed by atoms with Gasteiger partial charge in [0, 0.05) is 44.0 Å². The van der Waals surface area contributed by atoms with Crippen LogP contribution in [0.5, 0.6) is 0 Å². The summed E-state index contributed by atoms with van der Waals surface area (Å²) in [7, 11) is 0. The van der Waals surface area contributed by atoms with E-state index in [4.69, 9.17) is 10.3 Å². The predicted molar refractivity (Wildman–Crippen MR) is 104 cm³/mol.